The van der Waals surface area contributed by atoms with Crippen LogP contribution in [-0.2, 0) is 11.4 Å². The van der Waals surface area contributed by atoms with Crippen molar-refractivity contribution in [3.63, 3.8) is 0 Å². The summed E-state index contributed by atoms with van der Waals surface area (Å²) in [5.74, 6) is -0.152. The minimum atomic E-state index is -0.882. The van der Waals surface area contributed by atoms with E-state index >= 15 is 0 Å². The second-order valence-corrected chi connectivity index (χ2v) is 6.75. The van der Waals surface area contributed by atoms with Gasteiger partial charge in [0.1, 0.15) is 6.61 Å². The van der Waals surface area contributed by atoms with Crippen molar-refractivity contribution < 1.29 is 28.9 Å². The van der Waals surface area contributed by atoms with Gasteiger partial charge in [-0.25, -0.2) is 0 Å². The van der Waals surface area contributed by atoms with Crippen LogP contribution in [0.1, 0.15) is 28.8 Å². The Labute approximate surface area is 163 Å². The van der Waals surface area contributed by atoms with Crippen molar-refractivity contribution in [1.29, 1.82) is 0 Å². The van der Waals surface area contributed by atoms with Crippen LogP contribution in [0.3, 0.4) is 0 Å². The first-order chi connectivity index (χ1) is 13.5. The van der Waals surface area contributed by atoms with E-state index in [-0.39, 0.29) is 6.54 Å². The third-order valence-corrected chi connectivity index (χ3v) is 4.84. The first kappa shape index (κ1) is 19.5. The molecule has 0 unspecified atom stereocenters. The number of methoxy groups -OCH3 is 2. The predicted molar refractivity (Wildman–Crippen MR) is 102 cm³/mol. The number of hydrogen-bond donors (Lipinski definition) is 2. The highest BCUT2D eigenvalue weighted by atomic mass is 16.5. The zero-order valence-electron chi connectivity index (χ0n) is 15.9. The lowest BCUT2D eigenvalue weighted by molar-refractivity contribution is -0.143. The number of carbonyl (C=O) groups excluding carboxylic acids is 1. The van der Waals surface area contributed by atoms with Gasteiger partial charge in [0, 0.05) is 12.1 Å². The molecule has 0 bridgehead atoms. The summed E-state index contributed by atoms with van der Waals surface area (Å²) in [5, 5.41) is 11.9. The number of nitrogens with one attached hydrogen (secondary N) is 1. The van der Waals surface area contributed by atoms with Gasteiger partial charge in [-0.2, -0.15) is 0 Å². The van der Waals surface area contributed by atoms with Gasteiger partial charge in [-0.15, -0.1) is 0 Å². The maximum atomic E-state index is 12.5. The van der Waals surface area contributed by atoms with Gasteiger partial charge in [-0.05, 0) is 30.5 Å². The number of benzene rings is 2. The molecule has 1 amide bonds. The molecule has 0 atom stereocenters. The van der Waals surface area contributed by atoms with Gasteiger partial charge in [-0.3, -0.25) is 9.59 Å². The fraction of sp³-hybridized carbons (Fsp3) is 0.333. The third kappa shape index (κ3) is 4.19. The molecule has 1 fully saturated rings. The van der Waals surface area contributed by atoms with E-state index in [4.69, 9.17) is 14.2 Å². The Hall–Kier alpha value is -3.22. The summed E-state index contributed by atoms with van der Waals surface area (Å²) in [6.45, 7) is 0.415. The van der Waals surface area contributed by atoms with Crippen molar-refractivity contribution >= 4 is 11.9 Å². The third-order valence-electron chi connectivity index (χ3n) is 4.84. The zero-order chi connectivity index (χ0) is 20.1. The molecule has 0 spiro atoms. The van der Waals surface area contributed by atoms with E-state index in [1.165, 1.54) is 14.2 Å². The van der Waals surface area contributed by atoms with E-state index in [0.717, 1.165) is 5.56 Å². The summed E-state index contributed by atoms with van der Waals surface area (Å²) in [5.41, 5.74) is 0.460. The minimum Gasteiger partial charge on any atom is -0.493 e. The van der Waals surface area contributed by atoms with Crippen molar-refractivity contribution in [3.05, 3.63) is 53.6 Å². The molecular formula is C21H23NO6. The summed E-state index contributed by atoms with van der Waals surface area (Å²) in [6, 6.07) is 12.8. The molecule has 7 heteroatoms. The summed E-state index contributed by atoms with van der Waals surface area (Å²) < 4.78 is 16.6. The predicted octanol–water partition coefficient (Wildman–Crippen LogP) is 2.88. The van der Waals surface area contributed by atoms with Gasteiger partial charge in [-0.1, -0.05) is 30.3 Å². The van der Waals surface area contributed by atoms with Crippen LogP contribution in [0.25, 0.3) is 0 Å². The van der Waals surface area contributed by atoms with E-state index in [1.807, 2.05) is 30.3 Å². The fourth-order valence-corrected chi connectivity index (χ4v) is 2.85. The minimum absolute atomic E-state index is 0.0953. The first-order valence-electron chi connectivity index (χ1n) is 8.93. The number of aliphatic carboxylic acids is 1. The molecule has 28 heavy (non-hydrogen) atoms. The second-order valence-electron chi connectivity index (χ2n) is 6.75. The van der Waals surface area contributed by atoms with Crippen LogP contribution in [0.5, 0.6) is 17.2 Å². The number of hydrogen-bond acceptors (Lipinski definition) is 5. The molecule has 1 aliphatic carbocycles. The number of amides is 1. The maximum absolute atomic E-state index is 12.5. The molecule has 1 aliphatic rings. The molecule has 0 aromatic heterocycles. The average molecular weight is 385 g/mol. The molecule has 2 aromatic carbocycles. The van der Waals surface area contributed by atoms with E-state index < -0.39 is 17.3 Å². The number of carboxylic acid groups (broad SMARTS) is 1. The lowest BCUT2D eigenvalue weighted by Gasteiger charge is -2.17. The normalized spacial score (nSPS) is 14.1. The Kier molecular flexibility index (Phi) is 5.73. The summed E-state index contributed by atoms with van der Waals surface area (Å²) >= 11 is 0. The van der Waals surface area contributed by atoms with Crippen LogP contribution in [0.2, 0.25) is 0 Å². The van der Waals surface area contributed by atoms with Crippen LogP contribution >= 0.6 is 0 Å². The average Bonchev–Trinajstić information content (AvgIpc) is 3.52. The van der Waals surface area contributed by atoms with Crippen LogP contribution in [0.15, 0.2) is 42.5 Å². The lowest BCUT2D eigenvalue weighted by atomic mass is 10.1. The van der Waals surface area contributed by atoms with Crippen LogP contribution in [0.4, 0.5) is 0 Å². The quantitative estimate of drug-likeness (QED) is 0.689. The molecule has 0 radical (unpaired) electrons. The van der Waals surface area contributed by atoms with E-state index in [2.05, 4.69) is 5.32 Å². The highest BCUT2D eigenvalue weighted by molar-refractivity contribution is 5.96. The van der Waals surface area contributed by atoms with Crippen molar-refractivity contribution in [2.24, 2.45) is 5.41 Å². The van der Waals surface area contributed by atoms with Gasteiger partial charge in [0.25, 0.3) is 5.91 Å². The smallest absolute Gasteiger partial charge is 0.311 e. The van der Waals surface area contributed by atoms with Crippen LogP contribution in [0, 0.1) is 5.41 Å². The summed E-state index contributed by atoms with van der Waals surface area (Å²) in [6.07, 6.45) is 1.14. The molecule has 2 aromatic rings. The molecule has 3 rings (SSSR count). The lowest BCUT2D eigenvalue weighted by Crippen LogP contribution is -2.34. The highest BCUT2D eigenvalue weighted by Gasteiger charge is 2.50. The van der Waals surface area contributed by atoms with Gasteiger partial charge in [0.2, 0.25) is 5.75 Å². The Morgan fingerprint density at radius 1 is 1.07 bits per heavy atom. The van der Waals surface area contributed by atoms with Crippen molar-refractivity contribution in [1.82, 2.24) is 5.32 Å². The number of carbonyl (C=O) groups is 2. The van der Waals surface area contributed by atoms with E-state index in [9.17, 15) is 14.7 Å². The monoisotopic (exact) mass is 385 g/mol. The molecule has 148 valence electrons. The Bertz CT molecular complexity index is 835. The summed E-state index contributed by atoms with van der Waals surface area (Å²) in [4.78, 5) is 23.8. The topological polar surface area (TPSA) is 94.1 Å². The number of carboxylic acids is 1. The molecule has 7 nitrogen and oxygen atoms in total. The van der Waals surface area contributed by atoms with Crippen LogP contribution in [-0.4, -0.2) is 37.7 Å². The molecule has 1 saturated carbocycles. The zero-order valence-corrected chi connectivity index (χ0v) is 15.9. The van der Waals surface area contributed by atoms with E-state index in [1.54, 1.807) is 12.1 Å². The molecule has 2 N–H and O–H groups in total. The SMILES string of the molecule is COc1cc(C(=O)NCC2(C(=O)O)CC2)cc(OC)c1OCc1ccccc1. The second kappa shape index (κ2) is 8.21. The molecule has 0 heterocycles. The Morgan fingerprint density at radius 2 is 1.68 bits per heavy atom. The van der Waals surface area contributed by atoms with Crippen LogP contribution < -0.4 is 19.5 Å². The van der Waals surface area contributed by atoms with E-state index in [0.29, 0.717) is 42.3 Å². The van der Waals surface area contributed by atoms with Crippen molar-refractivity contribution in [2.75, 3.05) is 20.8 Å². The molecule has 0 saturated heterocycles. The Balaban J connectivity index is 1.76. The maximum Gasteiger partial charge on any atom is 0.311 e. The number of rotatable bonds is 9. The standard InChI is InChI=1S/C21H23NO6/c1-26-16-10-15(19(23)22-13-21(8-9-21)20(24)25)11-17(27-2)18(16)28-12-14-6-4-3-5-7-14/h3-7,10-11H,8-9,12-13H2,1-2H3,(H,22,23)(H,24,25). The Morgan fingerprint density at radius 3 is 2.18 bits per heavy atom. The van der Waals surface area contributed by atoms with Gasteiger partial charge in [0.05, 0.1) is 19.6 Å². The van der Waals surface area contributed by atoms with Gasteiger partial charge in [0.15, 0.2) is 11.5 Å². The largest absolute Gasteiger partial charge is 0.493 e. The number of ether oxygens (including phenoxy) is 3. The first-order valence-corrected chi connectivity index (χ1v) is 8.93. The van der Waals surface area contributed by atoms with Gasteiger partial charge < -0.3 is 24.6 Å². The summed E-state index contributed by atoms with van der Waals surface area (Å²) in [7, 11) is 2.96. The highest BCUT2D eigenvalue weighted by Crippen LogP contribution is 2.45. The molecular weight excluding hydrogens is 362 g/mol. The fourth-order valence-electron chi connectivity index (χ4n) is 2.85. The molecule has 0 aliphatic heterocycles. The van der Waals surface area contributed by atoms with Crippen molar-refractivity contribution in [2.45, 2.75) is 19.4 Å². The van der Waals surface area contributed by atoms with Gasteiger partial charge >= 0.3 is 5.97 Å². The van der Waals surface area contributed by atoms with Crippen molar-refractivity contribution in [3.8, 4) is 17.2 Å².